The summed E-state index contributed by atoms with van der Waals surface area (Å²) in [6.45, 7) is 5.06. The van der Waals surface area contributed by atoms with Crippen molar-refractivity contribution >= 4 is 6.72 Å². The van der Waals surface area contributed by atoms with E-state index in [2.05, 4.69) is 17.8 Å². The zero-order valence-electron chi connectivity index (χ0n) is 21.8. The second kappa shape index (κ2) is 9.87. The fourth-order valence-electron chi connectivity index (χ4n) is 6.71. The van der Waals surface area contributed by atoms with Crippen LogP contribution in [0, 0.1) is 17.2 Å². The van der Waals surface area contributed by atoms with E-state index in [0.717, 1.165) is 5.56 Å². The zero-order valence-corrected chi connectivity index (χ0v) is 21.8. The summed E-state index contributed by atoms with van der Waals surface area (Å²) in [6, 6.07) is 18.0. The average Bonchev–Trinajstić information content (AvgIpc) is 3.48. The number of methoxy groups -OCH3 is 1. The normalized spacial score (nSPS) is 33.9. The minimum Gasteiger partial charge on any atom is -0.501 e. The number of halogens is 2. The second-order valence-electron chi connectivity index (χ2n) is 10.4. The first-order chi connectivity index (χ1) is 18.6. The number of nitriles is 1. The predicted octanol–water partition coefficient (Wildman–Crippen LogP) is 4.09. The second-order valence-corrected chi connectivity index (χ2v) is 10.4. The van der Waals surface area contributed by atoms with Gasteiger partial charge in [0.2, 0.25) is 0 Å². The number of aliphatic hydroxyl groups is 2. The molecule has 204 valence electrons. The fraction of sp³-hybridized carbons (Fsp3) is 0.400. The van der Waals surface area contributed by atoms with Gasteiger partial charge in [-0.3, -0.25) is 9.89 Å². The molecule has 1 saturated carbocycles. The number of aliphatic hydroxyl groups excluding tert-OH is 1. The Morgan fingerprint density at radius 2 is 1.95 bits per heavy atom. The van der Waals surface area contributed by atoms with Gasteiger partial charge in [0.1, 0.15) is 11.5 Å². The first-order valence-corrected chi connectivity index (χ1v) is 12.8. The first kappa shape index (κ1) is 27.0. The largest absolute Gasteiger partial charge is 0.501 e. The molecule has 39 heavy (non-hydrogen) atoms. The van der Waals surface area contributed by atoms with Crippen molar-refractivity contribution < 1.29 is 28.5 Å². The van der Waals surface area contributed by atoms with Gasteiger partial charge >= 0.3 is 0 Å². The maximum absolute atomic E-state index is 14.2. The third-order valence-corrected chi connectivity index (χ3v) is 8.35. The lowest BCUT2D eigenvalue weighted by Gasteiger charge is -2.40. The Labute approximate surface area is 226 Å². The molecule has 2 aliphatic heterocycles. The zero-order chi connectivity index (χ0) is 28.0. The van der Waals surface area contributed by atoms with E-state index in [0.29, 0.717) is 16.9 Å². The third-order valence-electron chi connectivity index (χ3n) is 8.35. The SMILES string of the molecule is C=N/C=C1/O[C@@]2(c3ccc(C#N)cc3)[C@H](c3ccccc3)[C@@H](CN3CCC(F)(F)C3)[C@@H](O)[C@@]2(O)/C1=C(/C)OC. The maximum Gasteiger partial charge on any atom is 0.261 e. The molecule has 3 fully saturated rings. The lowest BCUT2D eigenvalue weighted by molar-refractivity contribution is -0.131. The number of hydrogen-bond acceptors (Lipinski definition) is 7. The predicted molar refractivity (Wildman–Crippen MR) is 141 cm³/mol. The van der Waals surface area contributed by atoms with Crippen LogP contribution in [0.1, 0.15) is 36.0 Å². The molecular formula is C30H31F2N3O4. The summed E-state index contributed by atoms with van der Waals surface area (Å²) in [5.74, 6) is -3.72. The van der Waals surface area contributed by atoms with Gasteiger partial charge in [0.05, 0.1) is 43.2 Å². The Hall–Kier alpha value is -3.58. The van der Waals surface area contributed by atoms with Crippen LogP contribution in [0.2, 0.25) is 0 Å². The molecule has 0 amide bonds. The van der Waals surface area contributed by atoms with E-state index < -0.39 is 41.6 Å². The quantitative estimate of drug-likeness (QED) is 0.427. The number of rotatable bonds is 6. The van der Waals surface area contributed by atoms with Crippen molar-refractivity contribution in [2.45, 2.75) is 42.5 Å². The molecule has 2 saturated heterocycles. The molecule has 2 aromatic carbocycles. The molecule has 2 N–H and O–H groups in total. The first-order valence-electron chi connectivity index (χ1n) is 12.8. The molecule has 0 unspecified atom stereocenters. The summed E-state index contributed by atoms with van der Waals surface area (Å²) >= 11 is 0. The van der Waals surface area contributed by atoms with Crippen molar-refractivity contribution in [2.24, 2.45) is 10.9 Å². The van der Waals surface area contributed by atoms with E-state index in [-0.39, 0.29) is 30.8 Å². The molecular weight excluding hydrogens is 504 g/mol. The Morgan fingerprint density at radius 3 is 2.51 bits per heavy atom. The lowest BCUT2D eigenvalue weighted by atomic mass is 9.70. The molecule has 7 nitrogen and oxygen atoms in total. The lowest BCUT2D eigenvalue weighted by Crippen LogP contribution is -2.53. The van der Waals surface area contributed by atoms with E-state index in [1.165, 1.54) is 13.3 Å². The number of allylic oxidation sites excluding steroid dienone is 1. The van der Waals surface area contributed by atoms with Crippen LogP contribution in [0.3, 0.4) is 0 Å². The molecule has 0 bridgehead atoms. The van der Waals surface area contributed by atoms with E-state index in [1.54, 1.807) is 36.1 Å². The summed E-state index contributed by atoms with van der Waals surface area (Å²) in [6.07, 6.45) is -0.341. The summed E-state index contributed by atoms with van der Waals surface area (Å²) in [5.41, 5.74) is -1.78. The topological polar surface area (TPSA) is 98.3 Å². The molecule has 2 aromatic rings. The van der Waals surface area contributed by atoms with Crippen LogP contribution in [0.4, 0.5) is 8.78 Å². The standard InChI is InChI=1S/C30H31F2N3O4/c1-19(38-3)25-24(16-34-2)39-30(22-11-9-20(15-33)10-12-22)26(21-7-5-4-6-8-21)23(27(36)29(25,30)37)17-35-14-13-28(31,32)18-35/h4-12,16,23,26-27,36-37H,2,13-14,17-18H2,1,3H3/b24-16+,25-19-/t23-,26-,27-,29+,30+/m1/s1. The molecule has 1 aliphatic carbocycles. The smallest absolute Gasteiger partial charge is 0.261 e. The number of fused-ring (bicyclic) bond motifs is 1. The van der Waals surface area contributed by atoms with Gasteiger partial charge in [-0.05, 0) is 36.9 Å². The van der Waals surface area contributed by atoms with Gasteiger partial charge in [-0.15, -0.1) is 0 Å². The van der Waals surface area contributed by atoms with Crippen LogP contribution in [0.5, 0.6) is 0 Å². The molecule has 5 atom stereocenters. The Morgan fingerprint density at radius 1 is 1.26 bits per heavy atom. The highest BCUT2D eigenvalue weighted by molar-refractivity contribution is 5.57. The number of ether oxygens (including phenoxy) is 2. The molecule has 0 spiro atoms. The number of likely N-dealkylation sites (tertiary alicyclic amines) is 1. The van der Waals surface area contributed by atoms with E-state index >= 15 is 0 Å². The monoisotopic (exact) mass is 535 g/mol. The van der Waals surface area contributed by atoms with Crippen LogP contribution in [-0.4, -0.2) is 66.2 Å². The Bertz CT molecular complexity index is 1350. The van der Waals surface area contributed by atoms with Gasteiger partial charge in [-0.2, -0.15) is 5.26 Å². The molecule has 5 rings (SSSR count). The van der Waals surface area contributed by atoms with Crippen molar-refractivity contribution in [1.82, 2.24) is 4.90 Å². The molecule has 0 radical (unpaired) electrons. The fourth-order valence-corrected chi connectivity index (χ4v) is 6.71. The van der Waals surface area contributed by atoms with Crippen molar-refractivity contribution in [3.05, 3.63) is 94.6 Å². The Kier molecular flexibility index (Phi) is 6.83. The minimum atomic E-state index is -2.82. The third kappa shape index (κ3) is 4.06. The number of benzene rings is 2. The van der Waals surface area contributed by atoms with E-state index in [1.807, 2.05) is 30.3 Å². The minimum absolute atomic E-state index is 0.109. The molecule has 2 heterocycles. The molecule has 3 aliphatic rings. The molecule has 9 heteroatoms. The van der Waals surface area contributed by atoms with Crippen molar-refractivity contribution in [1.29, 1.82) is 5.26 Å². The van der Waals surface area contributed by atoms with Crippen LogP contribution < -0.4 is 0 Å². The highest BCUT2D eigenvalue weighted by Crippen LogP contribution is 2.68. The van der Waals surface area contributed by atoms with Crippen molar-refractivity contribution in [3.63, 3.8) is 0 Å². The van der Waals surface area contributed by atoms with Crippen LogP contribution in [0.25, 0.3) is 0 Å². The summed E-state index contributed by atoms with van der Waals surface area (Å²) < 4.78 is 40.7. The summed E-state index contributed by atoms with van der Waals surface area (Å²) in [7, 11) is 1.45. The highest BCUT2D eigenvalue weighted by Gasteiger charge is 2.77. The van der Waals surface area contributed by atoms with Crippen molar-refractivity contribution in [3.8, 4) is 6.07 Å². The summed E-state index contributed by atoms with van der Waals surface area (Å²) in [4.78, 5) is 5.52. The van der Waals surface area contributed by atoms with Gasteiger partial charge in [-0.1, -0.05) is 42.5 Å². The van der Waals surface area contributed by atoms with Crippen LogP contribution >= 0.6 is 0 Å². The van der Waals surface area contributed by atoms with Gasteiger partial charge in [0.25, 0.3) is 5.92 Å². The number of nitrogens with zero attached hydrogens (tertiary/aromatic N) is 3. The molecule has 0 aromatic heterocycles. The average molecular weight is 536 g/mol. The van der Waals surface area contributed by atoms with Gasteiger partial charge < -0.3 is 19.7 Å². The van der Waals surface area contributed by atoms with Crippen molar-refractivity contribution in [2.75, 3.05) is 26.7 Å². The van der Waals surface area contributed by atoms with Gasteiger partial charge in [-0.25, -0.2) is 8.78 Å². The van der Waals surface area contributed by atoms with E-state index in [9.17, 15) is 24.3 Å². The number of alkyl halides is 2. The van der Waals surface area contributed by atoms with Gasteiger partial charge in [0.15, 0.2) is 11.2 Å². The highest BCUT2D eigenvalue weighted by atomic mass is 19.3. The maximum atomic E-state index is 14.2. The van der Waals surface area contributed by atoms with Crippen LogP contribution in [0.15, 0.2) is 82.9 Å². The van der Waals surface area contributed by atoms with Crippen LogP contribution in [-0.2, 0) is 15.1 Å². The number of aliphatic imine (C=N–C) groups is 1. The Balaban J connectivity index is 1.80. The summed E-state index contributed by atoms with van der Waals surface area (Å²) in [5, 5.41) is 34.3. The van der Waals surface area contributed by atoms with E-state index in [4.69, 9.17) is 9.47 Å². The number of hydrogen-bond donors (Lipinski definition) is 2. The van der Waals surface area contributed by atoms with Gasteiger partial charge in [0, 0.05) is 31.3 Å².